The van der Waals surface area contributed by atoms with Crippen LogP contribution in [0.25, 0.3) is 0 Å². The molecular weight excluding hydrogens is 270 g/mol. The molecule has 20 heavy (non-hydrogen) atoms. The van der Waals surface area contributed by atoms with Crippen molar-refractivity contribution in [3.63, 3.8) is 0 Å². The lowest BCUT2D eigenvalue weighted by Crippen LogP contribution is -2.28. The summed E-state index contributed by atoms with van der Waals surface area (Å²) < 4.78 is 5.16. The number of methoxy groups -OCH3 is 1. The third kappa shape index (κ3) is 3.56. The van der Waals surface area contributed by atoms with Crippen LogP contribution in [0.1, 0.15) is 33.6 Å². The standard InChI is InChI=1S/C15H21N3OS/c1-10-15(20-11(2)17-10)14(18-16)9-6-12-4-7-13(19-3)8-5-12/h4-5,7-8,14,18H,6,9,16H2,1-3H3. The molecular formula is C15H21N3OS. The van der Waals surface area contributed by atoms with E-state index in [1.165, 1.54) is 10.4 Å². The van der Waals surface area contributed by atoms with Gasteiger partial charge in [-0.2, -0.15) is 0 Å². The van der Waals surface area contributed by atoms with Crippen molar-refractivity contribution in [2.75, 3.05) is 7.11 Å². The molecule has 2 rings (SSSR count). The van der Waals surface area contributed by atoms with Gasteiger partial charge < -0.3 is 4.74 Å². The molecule has 1 unspecified atom stereocenters. The van der Waals surface area contributed by atoms with Crippen LogP contribution in [0.2, 0.25) is 0 Å². The minimum absolute atomic E-state index is 0.156. The van der Waals surface area contributed by atoms with Crippen molar-refractivity contribution in [3.05, 3.63) is 45.4 Å². The lowest BCUT2D eigenvalue weighted by molar-refractivity contribution is 0.414. The predicted molar refractivity (Wildman–Crippen MR) is 83.0 cm³/mol. The first-order valence-corrected chi connectivity index (χ1v) is 7.48. The molecule has 4 nitrogen and oxygen atoms in total. The molecule has 0 saturated carbocycles. The van der Waals surface area contributed by atoms with Crippen LogP contribution in [0.3, 0.4) is 0 Å². The summed E-state index contributed by atoms with van der Waals surface area (Å²) in [5, 5.41) is 1.09. The number of rotatable bonds is 6. The topological polar surface area (TPSA) is 60.2 Å². The Hall–Kier alpha value is -1.43. The van der Waals surface area contributed by atoms with Gasteiger partial charge in [-0.25, -0.2) is 4.98 Å². The van der Waals surface area contributed by atoms with Gasteiger partial charge in [-0.05, 0) is 44.4 Å². The Bertz CT molecular complexity index is 551. The van der Waals surface area contributed by atoms with E-state index < -0.39 is 0 Å². The van der Waals surface area contributed by atoms with Gasteiger partial charge in [0.1, 0.15) is 5.75 Å². The summed E-state index contributed by atoms with van der Waals surface area (Å²) in [5.74, 6) is 6.59. The normalized spacial score (nSPS) is 12.4. The van der Waals surface area contributed by atoms with E-state index in [1.807, 2.05) is 26.0 Å². The Balaban J connectivity index is 2.01. The van der Waals surface area contributed by atoms with Crippen molar-refractivity contribution >= 4 is 11.3 Å². The smallest absolute Gasteiger partial charge is 0.118 e. The summed E-state index contributed by atoms with van der Waals surface area (Å²) in [6, 6.07) is 8.32. The molecule has 2 aromatic rings. The van der Waals surface area contributed by atoms with Crippen LogP contribution in [-0.4, -0.2) is 12.1 Å². The summed E-state index contributed by atoms with van der Waals surface area (Å²) in [4.78, 5) is 5.70. The lowest BCUT2D eigenvalue weighted by Gasteiger charge is -2.15. The number of aromatic nitrogens is 1. The molecule has 3 N–H and O–H groups in total. The molecule has 0 aliphatic carbocycles. The molecule has 0 radical (unpaired) electrons. The molecule has 0 aliphatic heterocycles. The lowest BCUT2D eigenvalue weighted by atomic mass is 10.0. The fourth-order valence-electron chi connectivity index (χ4n) is 2.26. The van der Waals surface area contributed by atoms with Crippen LogP contribution in [0.5, 0.6) is 5.75 Å². The van der Waals surface area contributed by atoms with Gasteiger partial charge in [0.2, 0.25) is 0 Å². The number of nitrogens with zero attached hydrogens (tertiary/aromatic N) is 1. The first-order valence-electron chi connectivity index (χ1n) is 6.67. The number of hydrazine groups is 1. The van der Waals surface area contributed by atoms with Crippen molar-refractivity contribution in [3.8, 4) is 5.75 Å². The zero-order valence-corrected chi connectivity index (χ0v) is 13.0. The average molecular weight is 291 g/mol. The molecule has 1 aromatic carbocycles. The number of hydrogen-bond donors (Lipinski definition) is 2. The highest BCUT2D eigenvalue weighted by Crippen LogP contribution is 2.27. The van der Waals surface area contributed by atoms with Crippen LogP contribution < -0.4 is 16.0 Å². The van der Waals surface area contributed by atoms with E-state index >= 15 is 0 Å². The van der Waals surface area contributed by atoms with Crippen molar-refractivity contribution in [1.29, 1.82) is 0 Å². The fourth-order valence-corrected chi connectivity index (χ4v) is 3.29. The van der Waals surface area contributed by atoms with Crippen LogP contribution >= 0.6 is 11.3 Å². The SMILES string of the molecule is COc1ccc(CCC(NN)c2sc(C)nc2C)cc1. The average Bonchev–Trinajstić information content (AvgIpc) is 2.79. The molecule has 1 aromatic heterocycles. The second kappa shape index (κ2) is 6.83. The summed E-state index contributed by atoms with van der Waals surface area (Å²) in [5.41, 5.74) is 5.27. The number of ether oxygens (including phenoxy) is 1. The van der Waals surface area contributed by atoms with Crippen LogP contribution in [0.4, 0.5) is 0 Å². The van der Waals surface area contributed by atoms with Crippen molar-refractivity contribution in [1.82, 2.24) is 10.4 Å². The minimum atomic E-state index is 0.156. The van der Waals surface area contributed by atoms with Gasteiger partial charge in [-0.1, -0.05) is 12.1 Å². The maximum atomic E-state index is 5.70. The number of thiazole rings is 1. The molecule has 1 heterocycles. The third-order valence-corrected chi connectivity index (χ3v) is 4.52. The Morgan fingerprint density at radius 1 is 1.30 bits per heavy atom. The third-order valence-electron chi connectivity index (χ3n) is 3.34. The largest absolute Gasteiger partial charge is 0.497 e. The minimum Gasteiger partial charge on any atom is -0.497 e. The number of benzene rings is 1. The van der Waals surface area contributed by atoms with Gasteiger partial charge >= 0.3 is 0 Å². The van der Waals surface area contributed by atoms with Gasteiger partial charge in [-0.15, -0.1) is 11.3 Å². The molecule has 5 heteroatoms. The Morgan fingerprint density at radius 3 is 2.50 bits per heavy atom. The van der Waals surface area contributed by atoms with Gasteiger partial charge in [0.05, 0.1) is 23.9 Å². The van der Waals surface area contributed by atoms with Gasteiger partial charge in [0, 0.05) is 4.88 Å². The molecule has 0 amide bonds. The monoisotopic (exact) mass is 291 g/mol. The van der Waals surface area contributed by atoms with E-state index in [0.717, 1.165) is 29.3 Å². The number of nitrogens with one attached hydrogen (secondary N) is 1. The van der Waals surface area contributed by atoms with E-state index in [1.54, 1.807) is 18.4 Å². The number of aryl methyl sites for hydroxylation is 3. The highest BCUT2D eigenvalue weighted by atomic mass is 32.1. The highest BCUT2D eigenvalue weighted by Gasteiger charge is 2.16. The fraction of sp³-hybridized carbons (Fsp3) is 0.400. The van der Waals surface area contributed by atoms with Crippen molar-refractivity contribution in [2.45, 2.75) is 32.7 Å². The van der Waals surface area contributed by atoms with Gasteiger partial charge in [0.25, 0.3) is 0 Å². The van der Waals surface area contributed by atoms with E-state index in [2.05, 4.69) is 22.5 Å². The first kappa shape index (κ1) is 15.0. The number of hydrogen-bond acceptors (Lipinski definition) is 5. The molecule has 1 atom stereocenters. The first-order chi connectivity index (χ1) is 9.63. The molecule has 0 spiro atoms. The Morgan fingerprint density at radius 2 is 2.00 bits per heavy atom. The summed E-state index contributed by atoms with van der Waals surface area (Å²) >= 11 is 1.71. The summed E-state index contributed by atoms with van der Waals surface area (Å²) in [7, 11) is 1.68. The van der Waals surface area contributed by atoms with Crippen molar-refractivity contribution in [2.24, 2.45) is 5.84 Å². The molecule has 108 valence electrons. The molecule has 0 bridgehead atoms. The zero-order valence-electron chi connectivity index (χ0n) is 12.1. The van der Waals surface area contributed by atoms with Gasteiger partial charge in [0.15, 0.2) is 0 Å². The zero-order chi connectivity index (χ0) is 14.5. The van der Waals surface area contributed by atoms with Crippen molar-refractivity contribution < 1.29 is 4.74 Å². The van der Waals surface area contributed by atoms with E-state index in [-0.39, 0.29) is 6.04 Å². The highest BCUT2D eigenvalue weighted by molar-refractivity contribution is 7.11. The molecule has 0 aliphatic rings. The van der Waals surface area contributed by atoms with Crippen LogP contribution in [0, 0.1) is 13.8 Å². The van der Waals surface area contributed by atoms with Crippen LogP contribution in [-0.2, 0) is 6.42 Å². The predicted octanol–water partition coefficient (Wildman–Crippen LogP) is 2.91. The summed E-state index contributed by atoms with van der Waals surface area (Å²) in [6.07, 6.45) is 1.92. The maximum absolute atomic E-state index is 5.70. The molecule has 0 saturated heterocycles. The quantitative estimate of drug-likeness (QED) is 0.634. The molecule has 0 fully saturated rings. The van der Waals surface area contributed by atoms with E-state index in [4.69, 9.17) is 10.6 Å². The summed E-state index contributed by atoms with van der Waals surface area (Å²) in [6.45, 7) is 4.06. The Labute approximate surface area is 124 Å². The maximum Gasteiger partial charge on any atom is 0.118 e. The number of nitrogens with two attached hydrogens (primary N) is 1. The van der Waals surface area contributed by atoms with E-state index in [9.17, 15) is 0 Å². The Kier molecular flexibility index (Phi) is 5.11. The van der Waals surface area contributed by atoms with E-state index in [0.29, 0.717) is 0 Å². The van der Waals surface area contributed by atoms with Crippen LogP contribution in [0.15, 0.2) is 24.3 Å². The van der Waals surface area contributed by atoms with Gasteiger partial charge in [-0.3, -0.25) is 11.3 Å². The second-order valence-corrected chi connectivity index (χ2v) is 6.02. The second-order valence-electron chi connectivity index (χ2n) is 4.79.